The van der Waals surface area contributed by atoms with Gasteiger partial charge >= 0.3 is 0 Å². The highest BCUT2D eigenvalue weighted by atomic mass is 79.9. The molecule has 0 aliphatic rings. The maximum absolute atomic E-state index is 12.7. The summed E-state index contributed by atoms with van der Waals surface area (Å²) in [5, 5.41) is 5.07. The Kier molecular flexibility index (Phi) is 6.52. The van der Waals surface area contributed by atoms with E-state index in [0.717, 1.165) is 27.5 Å². The number of carbonyl (C=O) groups is 1. The van der Waals surface area contributed by atoms with Crippen molar-refractivity contribution >= 4 is 27.7 Å². The minimum absolute atomic E-state index is 0. The van der Waals surface area contributed by atoms with Crippen LogP contribution in [0.25, 0.3) is 21.8 Å². The number of nitrogens with zero attached hydrogens (tertiary/aromatic N) is 3. The number of halogens is 1. The number of benzene rings is 2. The van der Waals surface area contributed by atoms with Crippen molar-refractivity contribution in [1.29, 1.82) is 0 Å². The predicted octanol–water partition coefficient (Wildman–Crippen LogP) is 1.05. The lowest BCUT2D eigenvalue weighted by Gasteiger charge is -2.07. The van der Waals surface area contributed by atoms with Crippen molar-refractivity contribution in [2.75, 3.05) is 0 Å². The summed E-state index contributed by atoms with van der Waals surface area (Å²) in [5.74, 6) is -0.125. The first-order chi connectivity index (χ1) is 15.3. The van der Waals surface area contributed by atoms with Gasteiger partial charge in [0.2, 0.25) is 0 Å². The van der Waals surface area contributed by atoms with Gasteiger partial charge in [-0.25, -0.2) is 4.98 Å². The highest BCUT2D eigenvalue weighted by molar-refractivity contribution is 6.02. The Hall–Kier alpha value is -3.64. The van der Waals surface area contributed by atoms with E-state index in [1.807, 2.05) is 83.7 Å². The molecule has 2 aromatic carbocycles. The Morgan fingerprint density at radius 1 is 0.844 bits per heavy atom. The molecule has 0 saturated heterocycles. The number of nitrogens with one attached hydrogen (secondary N) is 1. The molecule has 6 heteroatoms. The summed E-state index contributed by atoms with van der Waals surface area (Å²) in [5.41, 5.74) is 4.33. The number of hydrogen-bond donors (Lipinski definition) is 1. The van der Waals surface area contributed by atoms with Crippen molar-refractivity contribution in [1.82, 2.24) is 15.3 Å². The number of aromatic nitrogens is 3. The van der Waals surface area contributed by atoms with Crippen molar-refractivity contribution in [2.24, 2.45) is 0 Å². The largest absolute Gasteiger partial charge is 1.00 e. The summed E-state index contributed by atoms with van der Waals surface area (Å²) < 4.78 is 2.01. The van der Waals surface area contributed by atoms with Crippen LogP contribution in [-0.4, -0.2) is 15.9 Å². The van der Waals surface area contributed by atoms with Gasteiger partial charge in [0, 0.05) is 28.6 Å². The summed E-state index contributed by atoms with van der Waals surface area (Å²) in [7, 11) is 0. The van der Waals surface area contributed by atoms with E-state index in [2.05, 4.69) is 22.4 Å². The van der Waals surface area contributed by atoms with Gasteiger partial charge in [0.15, 0.2) is 18.9 Å². The lowest BCUT2D eigenvalue weighted by Crippen LogP contribution is -3.00. The van der Waals surface area contributed by atoms with E-state index >= 15 is 0 Å². The summed E-state index contributed by atoms with van der Waals surface area (Å²) in [6, 6.07) is 25.9. The molecule has 0 radical (unpaired) electrons. The van der Waals surface area contributed by atoms with Crippen LogP contribution < -0.4 is 26.9 Å². The fourth-order valence-electron chi connectivity index (χ4n) is 3.68. The molecule has 0 aliphatic heterocycles. The van der Waals surface area contributed by atoms with Gasteiger partial charge in [-0.3, -0.25) is 9.78 Å². The number of fused-ring (bicyclic) bond motifs is 3. The molecular formula is C26H21BrN4O. The normalized spacial score (nSPS) is 10.6. The Bertz CT molecular complexity index is 1390. The molecule has 3 aromatic heterocycles. The standard InChI is InChI=1S/C26H20N4O.BrH/c31-26(22-9-5-15-30(18-22)17-19-6-2-1-3-7-19)28-16-23-13-12-21-11-10-20-8-4-14-27-24(20)25(21)29-23;/h1-15,18H,16-17H2;1H. The Morgan fingerprint density at radius 3 is 2.47 bits per heavy atom. The molecule has 0 aliphatic carbocycles. The highest BCUT2D eigenvalue weighted by Crippen LogP contribution is 2.22. The average molecular weight is 485 g/mol. The maximum Gasteiger partial charge on any atom is 0.257 e. The lowest BCUT2D eigenvalue weighted by atomic mass is 10.1. The zero-order chi connectivity index (χ0) is 21.0. The van der Waals surface area contributed by atoms with Gasteiger partial charge in [-0.05, 0) is 18.2 Å². The fourth-order valence-corrected chi connectivity index (χ4v) is 3.68. The van der Waals surface area contributed by atoms with E-state index in [1.165, 1.54) is 5.56 Å². The number of pyridine rings is 3. The van der Waals surface area contributed by atoms with Gasteiger partial charge < -0.3 is 22.3 Å². The van der Waals surface area contributed by atoms with Gasteiger partial charge in [0.05, 0.1) is 23.3 Å². The molecule has 158 valence electrons. The summed E-state index contributed by atoms with van der Waals surface area (Å²) in [6.07, 6.45) is 5.61. The molecule has 1 N–H and O–H groups in total. The third-order valence-corrected chi connectivity index (χ3v) is 5.25. The monoisotopic (exact) mass is 484 g/mol. The Balaban J connectivity index is 0.00000245. The minimum atomic E-state index is -0.125. The van der Waals surface area contributed by atoms with Crippen LogP contribution in [0, 0.1) is 0 Å². The molecule has 5 nitrogen and oxygen atoms in total. The van der Waals surface area contributed by atoms with Crippen molar-refractivity contribution in [3.05, 3.63) is 114 Å². The van der Waals surface area contributed by atoms with Gasteiger partial charge in [-0.15, -0.1) is 0 Å². The maximum atomic E-state index is 12.7. The average Bonchev–Trinajstić information content (AvgIpc) is 2.83. The Morgan fingerprint density at radius 2 is 1.62 bits per heavy atom. The van der Waals surface area contributed by atoms with Crippen LogP contribution in [0.2, 0.25) is 0 Å². The summed E-state index contributed by atoms with van der Waals surface area (Å²) >= 11 is 0. The number of hydrogen-bond acceptors (Lipinski definition) is 3. The highest BCUT2D eigenvalue weighted by Gasteiger charge is 2.12. The molecule has 0 unspecified atom stereocenters. The van der Waals surface area contributed by atoms with Crippen LogP contribution >= 0.6 is 0 Å². The molecular weight excluding hydrogens is 464 g/mol. The minimum Gasteiger partial charge on any atom is -1.00 e. The van der Waals surface area contributed by atoms with E-state index in [-0.39, 0.29) is 22.9 Å². The number of amides is 1. The Labute approximate surface area is 196 Å². The van der Waals surface area contributed by atoms with Crippen molar-refractivity contribution in [3.8, 4) is 0 Å². The predicted molar refractivity (Wildman–Crippen MR) is 120 cm³/mol. The van der Waals surface area contributed by atoms with E-state index in [9.17, 15) is 4.79 Å². The molecule has 0 spiro atoms. The molecule has 1 amide bonds. The van der Waals surface area contributed by atoms with Gasteiger partial charge in [0.25, 0.3) is 5.91 Å². The van der Waals surface area contributed by atoms with Crippen LogP contribution in [0.3, 0.4) is 0 Å². The fraction of sp³-hybridized carbons (Fsp3) is 0.0769. The van der Waals surface area contributed by atoms with Gasteiger partial charge in [-0.2, -0.15) is 4.57 Å². The third kappa shape index (κ3) is 4.65. The lowest BCUT2D eigenvalue weighted by molar-refractivity contribution is -0.688. The smallest absolute Gasteiger partial charge is 0.257 e. The molecule has 5 rings (SSSR count). The summed E-state index contributed by atoms with van der Waals surface area (Å²) in [6.45, 7) is 1.07. The molecule has 32 heavy (non-hydrogen) atoms. The quantitative estimate of drug-likeness (QED) is 0.299. The molecule has 0 bridgehead atoms. The SMILES string of the molecule is O=C(NCc1ccc2ccc3cccnc3c2n1)c1ccc[n+](Cc2ccccc2)c1.[Br-]. The van der Waals surface area contributed by atoms with Gasteiger partial charge in [0.1, 0.15) is 5.56 Å². The molecule has 0 saturated carbocycles. The van der Waals surface area contributed by atoms with Crippen LogP contribution in [0.4, 0.5) is 0 Å². The van der Waals surface area contributed by atoms with Crippen molar-refractivity contribution < 1.29 is 26.3 Å². The van der Waals surface area contributed by atoms with Crippen LogP contribution in [0.15, 0.2) is 97.5 Å². The first-order valence-corrected chi connectivity index (χ1v) is 10.2. The zero-order valence-corrected chi connectivity index (χ0v) is 18.9. The first-order valence-electron chi connectivity index (χ1n) is 10.2. The first kappa shape index (κ1) is 21.6. The third-order valence-electron chi connectivity index (χ3n) is 5.25. The molecule has 3 heterocycles. The van der Waals surface area contributed by atoms with Gasteiger partial charge in [-0.1, -0.05) is 54.6 Å². The second kappa shape index (κ2) is 9.66. The summed E-state index contributed by atoms with van der Waals surface area (Å²) in [4.78, 5) is 22.0. The second-order valence-corrected chi connectivity index (χ2v) is 7.45. The van der Waals surface area contributed by atoms with Crippen LogP contribution in [0.1, 0.15) is 21.6 Å². The molecule has 0 atom stereocenters. The topological polar surface area (TPSA) is 58.8 Å². The van der Waals surface area contributed by atoms with E-state index in [0.29, 0.717) is 18.7 Å². The number of rotatable bonds is 5. The van der Waals surface area contributed by atoms with E-state index < -0.39 is 0 Å². The van der Waals surface area contributed by atoms with Crippen molar-refractivity contribution in [2.45, 2.75) is 13.1 Å². The number of carbonyl (C=O) groups excluding carboxylic acids is 1. The second-order valence-electron chi connectivity index (χ2n) is 7.45. The zero-order valence-electron chi connectivity index (χ0n) is 17.3. The van der Waals surface area contributed by atoms with Crippen LogP contribution in [0.5, 0.6) is 0 Å². The van der Waals surface area contributed by atoms with E-state index in [4.69, 9.17) is 4.98 Å². The molecule has 5 aromatic rings. The van der Waals surface area contributed by atoms with E-state index in [1.54, 1.807) is 6.20 Å². The van der Waals surface area contributed by atoms with Crippen LogP contribution in [-0.2, 0) is 13.1 Å². The van der Waals surface area contributed by atoms with Crippen molar-refractivity contribution in [3.63, 3.8) is 0 Å². The molecule has 0 fully saturated rings.